The van der Waals surface area contributed by atoms with Crippen LogP contribution >= 0.6 is 0 Å². The standard InChI is InChI=1S/C14H28N2O/c1-3-4-12-5-6-13(15)14(9-12)16-7-8-17-10-11(16)2/h11-14H,3-10,15H2,1-2H3. The van der Waals surface area contributed by atoms with E-state index in [1.807, 2.05) is 0 Å². The number of hydrogen-bond acceptors (Lipinski definition) is 3. The van der Waals surface area contributed by atoms with Crippen LogP contribution in [0.2, 0.25) is 0 Å². The highest BCUT2D eigenvalue weighted by molar-refractivity contribution is 4.92. The molecule has 0 aromatic heterocycles. The third kappa shape index (κ3) is 3.21. The molecule has 2 N–H and O–H groups in total. The van der Waals surface area contributed by atoms with E-state index in [0.717, 1.165) is 25.7 Å². The summed E-state index contributed by atoms with van der Waals surface area (Å²) in [5.41, 5.74) is 6.35. The van der Waals surface area contributed by atoms with E-state index in [-0.39, 0.29) is 0 Å². The number of rotatable bonds is 3. The minimum atomic E-state index is 0.378. The maximum Gasteiger partial charge on any atom is 0.0619 e. The average molecular weight is 240 g/mol. The Balaban J connectivity index is 1.96. The summed E-state index contributed by atoms with van der Waals surface area (Å²) in [6.07, 6.45) is 6.54. The summed E-state index contributed by atoms with van der Waals surface area (Å²) in [6.45, 7) is 7.39. The van der Waals surface area contributed by atoms with E-state index in [9.17, 15) is 0 Å². The fourth-order valence-electron chi connectivity index (χ4n) is 3.54. The van der Waals surface area contributed by atoms with Crippen molar-refractivity contribution >= 4 is 0 Å². The van der Waals surface area contributed by atoms with Crippen molar-refractivity contribution in [2.24, 2.45) is 11.7 Å². The molecule has 0 amide bonds. The zero-order valence-electron chi connectivity index (χ0n) is 11.4. The molecule has 0 bridgehead atoms. The summed E-state index contributed by atoms with van der Waals surface area (Å²) in [4.78, 5) is 2.61. The van der Waals surface area contributed by atoms with Crippen molar-refractivity contribution in [3.8, 4) is 0 Å². The zero-order chi connectivity index (χ0) is 12.3. The first-order valence-electron chi connectivity index (χ1n) is 7.31. The van der Waals surface area contributed by atoms with Gasteiger partial charge in [-0.05, 0) is 32.1 Å². The van der Waals surface area contributed by atoms with Gasteiger partial charge in [-0.1, -0.05) is 19.8 Å². The van der Waals surface area contributed by atoms with Gasteiger partial charge in [0.2, 0.25) is 0 Å². The summed E-state index contributed by atoms with van der Waals surface area (Å²) in [5.74, 6) is 0.903. The van der Waals surface area contributed by atoms with Crippen molar-refractivity contribution in [1.82, 2.24) is 4.90 Å². The summed E-state index contributed by atoms with van der Waals surface area (Å²) >= 11 is 0. The summed E-state index contributed by atoms with van der Waals surface area (Å²) in [5, 5.41) is 0. The van der Waals surface area contributed by atoms with E-state index in [2.05, 4.69) is 18.7 Å². The molecule has 100 valence electrons. The Morgan fingerprint density at radius 1 is 1.35 bits per heavy atom. The molecule has 1 heterocycles. The van der Waals surface area contributed by atoms with Crippen LogP contribution in [0.15, 0.2) is 0 Å². The lowest BCUT2D eigenvalue weighted by Gasteiger charge is -2.45. The molecule has 2 aliphatic rings. The largest absolute Gasteiger partial charge is 0.379 e. The second-order valence-electron chi connectivity index (χ2n) is 5.86. The monoisotopic (exact) mass is 240 g/mol. The van der Waals surface area contributed by atoms with Crippen molar-refractivity contribution in [3.05, 3.63) is 0 Å². The zero-order valence-corrected chi connectivity index (χ0v) is 11.4. The van der Waals surface area contributed by atoms with Crippen LogP contribution in [-0.2, 0) is 4.74 Å². The van der Waals surface area contributed by atoms with E-state index >= 15 is 0 Å². The average Bonchev–Trinajstić information content (AvgIpc) is 2.33. The molecule has 0 radical (unpaired) electrons. The predicted octanol–water partition coefficient (Wildman–Crippen LogP) is 2.00. The molecule has 0 aromatic rings. The second-order valence-corrected chi connectivity index (χ2v) is 5.86. The van der Waals surface area contributed by atoms with Gasteiger partial charge in [-0.3, -0.25) is 4.90 Å². The van der Waals surface area contributed by atoms with Crippen LogP contribution in [0.4, 0.5) is 0 Å². The lowest BCUT2D eigenvalue weighted by Crippen LogP contribution is -2.57. The van der Waals surface area contributed by atoms with Gasteiger partial charge >= 0.3 is 0 Å². The van der Waals surface area contributed by atoms with E-state index in [1.54, 1.807) is 0 Å². The molecular weight excluding hydrogens is 212 g/mol. The van der Waals surface area contributed by atoms with Gasteiger partial charge in [0.15, 0.2) is 0 Å². The van der Waals surface area contributed by atoms with Crippen LogP contribution in [-0.4, -0.2) is 42.8 Å². The van der Waals surface area contributed by atoms with Crippen molar-refractivity contribution in [2.45, 2.75) is 64.1 Å². The SMILES string of the molecule is CCCC1CCC(N)C(N2CCOCC2C)C1. The van der Waals surface area contributed by atoms with Crippen molar-refractivity contribution in [3.63, 3.8) is 0 Å². The first-order valence-corrected chi connectivity index (χ1v) is 7.31. The van der Waals surface area contributed by atoms with Crippen LogP contribution < -0.4 is 5.73 Å². The van der Waals surface area contributed by atoms with Gasteiger partial charge in [0.1, 0.15) is 0 Å². The molecule has 2 rings (SSSR count). The van der Waals surface area contributed by atoms with Crippen molar-refractivity contribution < 1.29 is 4.74 Å². The van der Waals surface area contributed by atoms with Crippen molar-refractivity contribution in [2.75, 3.05) is 19.8 Å². The third-order valence-corrected chi connectivity index (χ3v) is 4.52. The minimum absolute atomic E-state index is 0.378. The predicted molar refractivity (Wildman–Crippen MR) is 71.0 cm³/mol. The number of nitrogens with zero attached hydrogens (tertiary/aromatic N) is 1. The quantitative estimate of drug-likeness (QED) is 0.820. The Morgan fingerprint density at radius 3 is 2.88 bits per heavy atom. The molecule has 0 aromatic carbocycles. The van der Waals surface area contributed by atoms with Gasteiger partial charge < -0.3 is 10.5 Å². The molecule has 1 aliphatic heterocycles. The van der Waals surface area contributed by atoms with Gasteiger partial charge in [-0.2, -0.15) is 0 Å². The lowest BCUT2D eigenvalue weighted by atomic mass is 9.79. The molecule has 4 unspecified atom stereocenters. The van der Waals surface area contributed by atoms with Gasteiger partial charge in [-0.25, -0.2) is 0 Å². The Bertz CT molecular complexity index is 234. The Labute approximate surface area is 106 Å². The topological polar surface area (TPSA) is 38.5 Å². The van der Waals surface area contributed by atoms with Gasteiger partial charge in [-0.15, -0.1) is 0 Å². The van der Waals surface area contributed by atoms with Gasteiger partial charge in [0, 0.05) is 24.7 Å². The van der Waals surface area contributed by atoms with Crippen LogP contribution in [0, 0.1) is 5.92 Å². The first kappa shape index (κ1) is 13.3. The van der Waals surface area contributed by atoms with Crippen LogP contribution in [0.1, 0.15) is 46.0 Å². The van der Waals surface area contributed by atoms with Crippen molar-refractivity contribution in [1.29, 1.82) is 0 Å². The van der Waals surface area contributed by atoms with Gasteiger partial charge in [0.25, 0.3) is 0 Å². The Hall–Kier alpha value is -0.120. The van der Waals surface area contributed by atoms with E-state index < -0.39 is 0 Å². The van der Waals surface area contributed by atoms with Crippen LogP contribution in [0.3, 0.4) is 0 Å². The van der Waals surface area contributed by atoms with Crippen LogP contribution in [0.25, 0.3) is 0 Å². The van der Waals surface area contributed by atoms with E-state index in [1.165, 1.54) is 32.1 Å². The van der Waals surface area contributed by atoms with E-state index in [4.69, 9.17) is 10.5 Å². The maximum atomic E-state index is 6.35. The fourth-order valence-corrected chi connectivity index (χ4v) is 3.54. The molecule has 1 aliphatic carbocycles. The molecular formula is C14H28N2O. The molecule has 1 saturated carbocycles. The number of hydrogen-bond donors (Lipinski definition) is 1. The molecule has 4 atom stereocenters. The first-order chi connectivity index (χ1) is 8.22. The summed E-state index contributed by atoms with van der Waals surface area (Å²) in [7, 11) is 0. The second kappa shape index (κ2) is 6.17. The highest BCUT2D eigenvalue weighted by atomic mass is 16.5. The molecule has 17 heavy (non-hydrogen) atoms. The number of morpholine rings is 1. The molecule has 1 saturated heterocycles. The maximum absolute atomic E-state index is 6.35. The number of nitrogens with two attached hydrogens (primary N) is 1. The smallest absolute Gasteiger partial charge is 0.0619 e. The normalized spacial score (nSPS) is 40.4. The van der Waals surface area contributed by atoms with Gasteiger partial charge in [0.05, 0.1) is 13.2 Å². The summed E-state index contributed by atoms with van der Waals surface area (Å²) in [6, 6.07) is 1.52. The Kier molecular flexibility index (Phi) is 4.83. The molecule has 0 spiro atoms. The highest BCUT2D eigenvalue weighted by Gasteiger charge is 2.35. The molecule has 2 fully saturated rings. The van der Waals surface area contributed by atoms with Crippen LogP contribution in [0.5, 0.6) is 0 Å². The highest BCUT2D eigenvalue weighted by Crippen LogP contribution is 2.31. The minimum Gasteiger partial charge on any atom is -0.379 e. The third-order valence-electron chi connectivity index (χ3n) is 4.52. The fraction of sp³-hybridized carbons (Fsp3) is 1.00. The summed E-state index contributed by atoms with van der Waals surface area (Å²) < 4.78 is 5.53. The molecule has 3 heteroatoms. The van der Waals surface area contributed by atoms with E-state index in [0.29, 0.717) is 18.1 Å². The lowest BCUT2D eigenvalue weighted by molar-refractivity contribution is -0.0390. The number of ether oxygens (including phenoxy) is 1. The molecule has 3 nitrogen and oxygen atoms in total. The Morgan fingerprint density at radius 2 is 2.18 bits per heavy atom.